The summed E-state index contributed by atoms with van der Waals surface area (Å²) in [4.78, 5) is 24.3. The fraction of sp³-hybridized carbons (Fsp3) is 0.292. The lowest BCUT2D eigenvalue weighted by Crippen LogP contribution is -2.36. The molecule has 5 rings (SSSR count). The molecule has 1 fully saturated rings. The molecule has 0 aliphatic heterocycles. The first-order valence-electron chi connectivity index (χ1n) is 10.6. The van der Waals surface area contributed by atoms with E-state index in [0.717, 1.165) is 37.1 Å². The third-order valence-corrected chi connectivity index (χ3v) is 6.92. The van der Waals surface area contributed by atoms with E-state index >= 15 is 0 Å². The van der Waals surface area contributed by atoms with Crippen LogP contribution in [-0.2, 0) is 11.3 Å². The number of nitrogens with zero attached hydrogens (tertiary/aromatic N) is 4. The Morgan fingerprint density at radius 1 is 1.10 bits per heavy atom. The van der Waals surface area contributed by atoms with Crippen LogP contribution in [0.3, 0.4) is 0 Å². The van der Waals surface area contributed by atoms with Crippen LogP contribution in [0.1, 0.15) is 37.8 Å². The SMILES string of the molecule is O=C(C1CCCCC1)N(Cc1cn(-c2ccccc2)cn1)c1nc2cccc(F)c2s1. The Balaban J connectivity index is 1.48. The van der Waals surface area contributed by atoms with Crippen LogP contribution in [0.5, 0.6) is 0 Å². The highest BCUT2D eigenvalue weighted by Crippen LogP contribution is 2.34. The van der Waals surface area contributed by atoms with E-state index in [2.05, 4.69) is 9.97 Å². The van der Waals surface area contributed by atoms with Gasteiger partial charge in [-0.3, -0.25) is 9.69 Å². The normalized spacial score (nSPS) is 14.7. The van der Waals surface area contributed by atoms with Crippen LogP contribution in [0.2, 0.25) is 0 Å². The van der Waals surface area contributed by atoms with Crippen molar-refractivity contribution in [2.24, 2.45) is 5.92 Å². The summed E-state index contributed by atoms with van der Waals surface area (Å²) in [6.45, 7) is 0.316. The zero-order chi connectivity index (χ0) is 21.2. The Morgan fingerprint density at radius 3 is 2.68 bits per heavy atom. The molecule has 4 aromatic rings. The highest BCUT2D eigenvalue weighted by molar-refractivity contribution is 7.22. The van der Waals surface area contributed by atoms with E-state index in [1.54, 1.807) is 23.4 Å². The maximum Gasteiger partial charge on any atom is 0.232 e. The van der Waals surface area contributed by atoms with Crippen molar-refractivity contribution in [3.63, 3.8) is 0 Å². The molecule has 5 nitrogen and oxygen atoms in total. The number of anilines is 1. The van der Waals surface area contributed by atoms with Crippen molar-refractivity contribution in [2.75, 3.05) is 4.90 Å². The van der Waals surface area contributed by atoms with Crippen molar-refractivity contribution < 1.29 is 9.18 Å². The number of fused-ring (bicyclic) bond motifs is 1. The molecule has 1 aliphatic carbocycles. The molecule has 0 unspecified atom stereocenters. The van der Waals surface area contributed by atoms with E-state index in [4.69, 9.17) is 0 Å². The number of imidazole rings is 1. The number of thiazole rings is 1. The first-order valence-corrected chi connectivity index (χ1v) is 11.5. The second-order valence-corrected chi connectivity index (χ2v) is 8.93. The van der Waals surface area contributed by atoms with Crippen molar-refractivity contribution in [2.45, 2.75) is 38.6 Å². The monoisotopic (exact) mass is 434 g/mol. The second kappa shape index (κ2) is 8.59. The summed E-state index contributed by atoms with van der Waals surface area (Å²) in [6.07, 6.45) is 8.80. The summed E-state index contributed by atoms with van der Waals surface area (Å²) in [5.74, 6) is -0.255. The third kappa shape index (κ3) is 4.10. The average Bonchev–Trinajstić information content (AvgIpc) is 3.46. The highest BCUT2D eigenvalue weighted by Gasteiger charge is 2.29. The van der Waals surface area contributed by atoms with Gasteiger partial charge in [0.2, 0.25) is 5.91 Å². The summed E-state index contributed by atoms with van der Waals surface area (Å²) >= 11 is 1.23. The minimum Gasteiger partial charge on any atom is -0.306 e. The maximum absolute atomic E-state index is 14.3. The van der Waals surface area contributed by atoms with Crippen molar-refractivity contribution in [3.05, 3.63) is 72.6 Å². The molecule has 7 heteroatoms. The fourth-order valence-corrected chi connectivity index (χ4v) is 5.15. The second-order valence-electron chi connectivity index (χ2n) is 7.95. The molecule has 0 N–H and O–H groups in total. The molecule has 1 amide bonds. The number of benzene rings is 2. The summed E-state index contributed by atoms with van der Waals surface area (Å²) < 4.78 is 16.7. The minimum absolute atomic E-state index is 0.0122. The van der Waals surface area contributed by atoms with E-state index in [0.29, 0.717) is 21.9 Å². The van der Waals surface area contributed by atoms with Crippen molar-refractivity contribution in [1.29, 1.82) is 0 Å². The zero-order valence-electron chi connectivity index (χ0n) is 17.1. The Hall–Kier alpha value is -3.06. The van der Waals surface area contributed by atoms with Gasteiger partial charge in [-0.1, -0.05) is 54.9 Å². The number of aromatic nitrogens is 3. The summed E-state index contributed by atoms with van der Waals surface area (Å²) in [6, 6.07) is 14.8. The number of carbonyl (C=O) groups excluding carboxylic acids is 1. The van der Waals surface area contributed by atoms with Gasteiger partial charge in [-0.15, -0.1) is 0 Å². The molecule has 0 bridgehead atoms. The molecule has 2 aromatic carbocycles. The molecular formula is C24H23FN4OS. The predicted octanol–water partition coefficient (Wildman–Crippen LogP) is 5.73. The molecule has 158 valence electrons. The lowest BCUT2D eigenvalue weighted by atomic mass is 9.88. The van der Waals surface area contributed by atoms with Gasteiger partial charge >= 0.3 is 0 Å². The maximum atomic E-state index is 14.3. The van der Waals surface area contributed by atoms with Crippen LogP contribution in [0.4, 0.5) is 9.52 Å². The molecule has 0 saturated heterocycles. The molecule has 1 aliphatic rings. The van der Waals surface area contributed by atoms with Gasteiger partial charge in [-0.25, -0.2) is 14.4 Å². The van der Waals surface area contributed by atoms with Crippen LogP contribution >= 0.6 is 11.3 Å². The molecule has 0 atom stereocenters. The number of amides is 1. The fourth-order valence-electron chi connectivity index (χ4n) is 4.18. The molecule has 1 saturated carbocycles. The molecule has 0 radical (unpaired) electrons. The van der Waals surface area contributed by atoms with Gasteiger partial charge in [0, 0.05) is 17.8 Å². The smallest absolute Gasteiger partial charge is 0.232 e. The Labute approximate surface area is 184 Å². The minimum atomic E-state index is -0.306. The molecule has 0 spiro atoms. The average molecular weight is 435 g/mol. The van der Waals surface area contributed by atoms with Gasteiger partial charge in [0.1, 0.15) is 5.82 Å². The van der Waals surface area contributed by atoms with Crippen LogP contribution in [0, 0.1) is 11.7 Å². The number of halogens is 1. The largest absolute Gasteiger partial charge is 0.306 e. The van der Waals surface area contributed by atoms with Crippen LogP contribution < -0.4 is 4.90 Å². The van der Waals surface area contributed by atoms with Crippen LogP contribution in [-0.4, -0.2) is 20.4 Å². The molecule has 2 heterocycles. The standard InChI is InChI=1S/C24H23FN4OS/c25-20-12-7-13-21-22(20)31-24(27-21)29(23(30)17-8-3-1-4-9-17)15-18-14-28(16-26-18)19-10-5-2-6-11-19/h2,5-7,10-14,16-17H,1,3-4,8-9,15H2. The van der Waals surface area contributed by atoms with E-state index < -0.39 is 0 Å². The lowest BCUT2D eigenvalue weighted by Gasteiger charge is -2.27. The number of hydrogen-bond donors (Lipinski definition) is 0. The highest BCUT2D eigenvalue weighted by atomic mass is 32.1. The number of hydrogen-bond acceptors (Lipinski definition) is 4. The van der Waals surface area contributed by atoms with E-state index in [1.807, 2.05) is 41.1 Å². The first-order chi connectivity index (χ1) is 15.2. The topological polar surface area (TPSA) is 51.0 Å². The Bertz CT molecular complexity index is 1200. The zero-order valence-corrected chi connectivity index (χ0v) is 17.9. The van der Waals surface area contributed by atoms with Gasteiger partial charge in [0.15, 0.2) is 5.13 Å². The van der Waals surface area contributed by atoms with E-state index in [9.17, 15) is 9.18 Å². The molecular weight excluding hydrogens is 411 g/mol. The van der Waals surface area contributed by atoms with Gasteiger partial charge in [0.05, 0.1) is 28.8 Å². The van der Waals surface area contributed by atoms with Crippen molar-refractivity contribution in [1.82, 2.24) is 14.5 Å². The lowest BCUT2D eigenvalue weighted by molar-refractivity contribution is -0.123. The quantitative estimate of drug-likeness (QED) is 0.403. The predicted molar refractivity (Wildman–Crippen MR) is 121 cm³/mol. The number of para-hydroxylation sites is 1. The summed E-state index contributed by atoms with van der Waals surface area (Å²) in [7, 11) is 0. The van der Waals surface area contributed by atoms with Crippen LogP contribution in [0.25, 0.3) is 15.9 Å². The number of rotatable bonds is 5. The Kier molecular flexibility index (Phi) is 5.51. The van der Waals surface area contributed by atoms with Gasteiger partial charge in [-0.2, -0.15) is 0 Å². The van der Waals surface area contributed by atoms with Gasteiger partial charge < -0.3 is 4.57 Å². The van der Waals surface area contributed by atoms with Crippen LogP contribution in [0.15, 0.2) is 61.1 Å². The van der Waals surface area contributed by atoms with Crippen molar-refractivity contribution in [3.8, 4) is 5.69 Å². The molecule has 31 heavy (non-hydrogen) atoms. The number of carbonyl (C=O) groups is 1. The molecule has 2 aromatic heterocycles. The Morgan fingerprint density at radius 2 is 1.90 bits per heavy atom. The van der Waals surface area contributed by atoms with Gasteiger partial charge in [-0.05, 0) is 37.1 Å². The first kappa shape index (κ1) is 19.9. The summed E-state index contributed by atoms with van der Waals surface area (Å²) in [5, 5.41) is 0.532. The van der Waals surface area contributed by atoms with E-state index in [1.165, 1.54) is 23.8 Å². The van der Waals surface area contributed by atoms with E-state index in [-0.39, 0.29) is 17.6 Å². The summed E-state index contributed by atoms with van der Waals surface area (Å²) in [5.41, 5.74) is 2.36. The van der Waals surface area contributed by atoms with Gasteiger partial charge in [0.25, 0.3) is 0 Å². The van der Waals surface area contributed by atoms with Crippen molar-refractivity contribution >= 4 is 32.6 Å². The third-order valence-electron chi connectivity index (χ3n) is 5.82.